The molecule has 4 heterocycles. The van der Waals surface area contributed by atoms with Gasteiger partial charge >= 0.3 is 0 Å². The summed E-state index contributed by atoms with van der Waals surface area (Å²) < 4.78 is 4.48. The topological polar surface area (TPSA) is 61.4 Å². The van der Waals surface area contributed by atoms with Crippen molar-refractivity contribution in [3.05, 3.63) is 151 Å². The molecule has 0 bridgehead atoms. The minimum absolute atomic E-state index is 0.540. The number of benzene rings is 3. The van der Waals surface area contributed by atoms with E-state index in [0.29, 0.717) is 24.0 Å². The Hall–Kier alpha value is -6.14. The van der Waals surface area contributed by atoms with Gasteiger partial charge in [-0.1, -0.05) is 110 Å². The van der Waals surface area contributed by atoms with Crippen LogP contribution < -0.4 is 0 Å². The lowest BCUT2D eigenvalue weighted by Gasteiger charge is -2.14. The van der Waals surface area contributed by atoms with E-state index in [1.165, 1.54) is 0 Å². The summed E-state index contributed by atoms with van der Waals surface area (Å²) in [5, 5.41) is 2.18. The molecule has 0 unspecified atom stereocenters. The molecule has 228 valence electrons. The lowest BCUT2D eigenvalue weighted by atomic mass is 10.0. The molecule has 0 saturated heterocycles. The SMILES string of the molecule is C=CCc1c(/C=C\C)c2ccc3c(/C=C\C)c(C=C)n(-c4ccncc4)c3c2n1-c1nc(-c2ccccc2)nc(-c2ccccc2)n1. The highest BCUT2D eigenvalue weighted by Gasteiger charge is 2.26. The molecule has 0 amide bonds. The molecule has 4 aromatic heterocycles. The number of aromatic nitrogens is 6. The molecule has 0 aliphatic carbocycles. The number of hydrogen-bond acceptors (Lipinski definition) is 4. The molecule has 7 rings (SSSR count). The Bertz CT molecular complexity index is 2250. The van der Waals surface area contributed by atoms with Crippen LogP contribution in [0.3, 0.4) is 0 Å². The van der Waals surface area contributed by atoms with Crippen molar-refractivity contribution in [1.29, 1.82) is 0 Å². The molecule has 0 aliphatic rings. The van der Waals surface area contributed by atoms with E-state index in [-0.39, 0.29) is 0 Å². The molecule has 6 heteroatoms. The summed E-state index contributed by atoms with van der Waals surface area (Å²) in [6, 6.07) is 28.6. The van der Waals surface area contributed by atoms with Crippen molar-refractivity contribution >= 4 is 40.0 Å². The zero-order valence-corrected chi connectivity index (χ0v) is 26.5. The normalized spacial score (nSPS) is 11.7. The second-order valence-electron chi connectivity index (χ2n) is 11.1. The monoisotopic (exact) mass is 610 g/mol. The van der Waals surface area contributed by atoms with Gasteiger partial charge in [-0.2, -0.15) is 9.97 Å². The van der Waals surface area contributed by atoms with E-state index in [2.05, 4.69) is 63.7 Å². The van der Waals surface area contributed by atoms with Gasteiger partial charge in [0.05, 0.1) is 16.7 Å². The summed E-state index contributed by atoms with van der Waals surface area (Å²) >= 11 is 0. The van der Waals surface area contributed by atoms with Gasteiger partial charge in [0.2, 0.25) is 5.95 Å². The number of fused-ring (bicyclic) bond motifs is 3. The maximum absolute atomic E-state index is 5.19. The van der Waals surface area contributed by atoms with Gasteiger partial charge in [0.25, 0.3) is 0 Å². The van der Waals surface area contributed by atoms with Crippen LogP contribution in [0.25, 0.3) is 74.4 Å². The quantitative estimate of drug-likeness (QED) is 0.153. The largest absolute Gasteiger partial charge is 0.307 e. The highest BCUT2D eigenvalue weighted by molar-refractivity contribution is 6.13. The Morgan fingerprint density at radius 1 is 0.638 bits per heavy atom. The van der Waals surface area contributed by atoms with Gasteiger partial charge in [-0.25, -0.2) is 4.98 Å². The van der Waals surface area contributed by atoms with E-state index in [4.69, 9.17) is 15.0 Å². The van der Waals surface area contributed by atoms with E-state index >= 15 is 0 Å². The zero-order chi connectivity index (χ0) is 32.3. The van der Waals surface area contributed by atoms with E-state index in [0.717, 1.165) is 61.1 Å². The molecule has 6 nitrogen and oxygen atoms in total. The highest BCUT2D eigenvalue weighted by Crippen LogP contribution is 2.41. The fourth-order valence-corrected chi connectivity index (χ4v) is 6.37. The zero-order valence-electron chi connectivity index (χ0n) is 26.5. The van der Waals surface area contributed by atoms with E-state index in [1.54, 1.807) is 0 Å². The van der Waals surface area contributed by atoms with Gasteiger partial charge in [0, 0.05) is 63.2 Å². The van der Waals surface area contributed by atoms with Crippen LogP contribution in [0.15, 0.2) is 129 Å². The van der Waals surface area contributed by atoms with Gasteiger partial charge in [-0.05, 0) is 32.1 Å². The minimum Gasteiger partial charge on any atom is -0.307 e. The molecule has 0 fully saturated rings. The van der Waals surface area contributed by atoms with Crippen LogP contribution in [0.2, 0.25) is 0 Å². The summed E-state index contributed by atoms with van der Waals surface area (Å²) in [5.74, 6) is 1.75. The third kappa shape index (κ3) is 5.10. The average molecular weight is 611 g/mol. The van der Waals surface area contributed by atoms with Crippen LogP contribution in [0.5, 0.6) is 0 Å². The predicted molar refractivity (Wildman–Crippen MR) is 196 cm³/mol. The molecule has 0 N–H and O–H groups in total. The standard InChI is InChI=1S/C41H34N6/c1-5-15-31-33-22-23-34-32(16-6-2)36(17-7-3)47(38(34)37(33)46(35(31)8-4)30-24-26-42-27-25-30)41-44-39(28-18-11-9-12-19-28)43-40(45-41)29-20-13-10-14-21-29/h5-16,18-27H,3-4,17H2,1-2H3/b15-5-,16-6-. The molecule has 0 spiro atoms. The molecule has 3 aromatic carbocycles. The van der Waals surface area contributed by atoms with E-state index in [9.17, 15) is 0 Å². The maximum Gasteiger partial charge on any atom is 0.238 e. The minimum atomic E-state index is 0.540. The van der Waals surface area contributed by atoms with Crippen molar-refractivity contribution in [1.82, 2.24) is 29.1 Å². The number of rotatable bonds is 9. The fraction of sp³-hybridized carbons (Fsp3) is 0.0732. The predicted octanol–water partition coefficient (Wildman–Crippen LogP) is 9.93. The molecule has 7 aromatic rings. The van der Waals surface area contributed by atoms with Gasteiger partial charge in [-0.3, -0.25) is 9.55 Å². The van der Waals surface area contributed by atoms with Gasteiger partial charge in [0.15, 0.2) is 11.6 Å². The van der Waals surface area contributed by atoms with Crippen LogP contribution in [-0.2, 0) is 6.42 Å². The second kappa shape index (κ2) is 12.7. The molecule has 0 aliphatic heterocycles. The lowest BCUT2D eigenvalue weighted by molar-refractivity contribution is 0.888. The van der Waals surface area contributed by atoms with Crippen LogP contribution in [-0.4, -0.2) is 29.1 Å². The van der Waals surface area contributed by atoms with Crippen molar-refractivity contribution < 1.29 is 0 Å². The lowest BCUT2D eigenvalue weighted by Crippen LogP contribution is -2.10. The Balaban J connectivity index is 1.71. The Labute approximate surface area is 274 Å². The van der Waals surface area contributed by atoms with Crippen molar-refractivity contribution in [2.24, 2.45) is 0 Å². The van der Waals surface area contributed by atoms with E-state index in [1.807, 2.05) is 111 Å². The molecule has 47 heavy (non-hydrogen) atoms. The van der Waals surface area contributed by atoms with Crippen molar-refractivity contribution in [3.63, 3.8) is 0 Å². The van der Waals surface area contributed by atoms with Crippen molar-refractivity contribution in [3.8, 4) is 34.4 Å². The van der Waals surface area contributed by atoms with Crippen molar-refractivity contribution in [2.75, 3.05) is 0 Å². The van der Waals surface area contributed by atoms with E-state index < -0.39 is 0 Å². The summed E-state index contributed by atoms with van der Waals surface area (Å²) in [7, 11) is 0. The molecular weight excluding hydrogens is 576 g/mol. The third-order valence-corrected chi connectivity index (χ3v) is 8.28. The number of hydrogen-bond donors (Lipinski definition) is 0. The second-order valence-corrected chi connectivity index (χ2v) is 11.1. The Morgan fingerprint density at radius 2 is 1.19 bits per heavy atom. The fourth-order valence-electron chi connectivity index (χ4n) is 6.37. The third-order valence-electron chi connectivity index (χ3n) is 8.28. The first kappa shape index (κ1) is 29.6. The first-order chi connectivity index (χ1) is 23.2. The first-order valence-electron chi connectivity index (χ1n) is 15.7. The molecule has 0 saturated carbocycles. The summed E-state index contributed by atoms with van der Waals surface area (Å²) in [6.07, 6.45) is 16.6. The first-order valence-corrected chi connectivity index (χ1v) is 15.7. The Kier molecular flexibility index (Phi) is 7.99. The number of nitrogens with zero attached hydrogens (tertiary/aromatic N) is 6. The van der Waals surface area contributed by atoms with Gasteiger partial charge < -0.3 is 4.57 Å². The maximum atomic E-state index is 5.19. The number of pyridine rings is 1. The van der Waals surface area contributed by atoms with Gasteiger partial charge in [-0.15, -0.1) is 6.58 Å². The van der Waals surface area contributed by atoms with Crippen molar-refractivity contribution in [2.45, 2.75) is 20.3 Å². The highest BCUT2D eigenvalue weighted by atomic mass is 15.2. The summed E-state index contributed by atoms with van der Waals surface area (Å²) in [5.41, 5.74) is 9.06. The average Bonchev–Trinajstić information content (AvgIpc) is 3.61. The van der Waals surface area contributed by atoms with Gasteiger partial charge in [0.1, 0.15) is 0 Å². The van der Waals surface area contributed by atoms with Crippen LogP contribution in [0.4, 0.5) is 0 Å². The summed E-state index contributed by atoms with van der Waals surface area (Å²) in [6.45, 7) is 12.5. The molecule has 0 radical (unpaired) electrons. The number of allylic oxidation sites excluding steroid dienone is 3. The smallest absolute Gasteiger partial charge is 0.238 e. The Morgan fingerprint density at radius 3 is 1.74 bits per heavy atom. The van der Waals surface area contributed by atoms with Crippen LogP contribution in [0, 0.1) is 0 Å². The molecule has 0 atom stereocenters. The molecular formula is C41H34N6. The van der Waals surface area contributed by atoms with Crippen LogP contribution >= 0.6 is 0 Å². The van der Waals surface area contributed by atoms with Crippen LogP contribution in [0.1, 0.15) is 36.4 Å². The summed E-state index contributed by atoms with van der Waals surface area (Å²) in [4.78, 5) is 19.7.